The number of hydrogen-bond donors (Lipinski definition) is 1. The van der Waals surface area contributed by atoms with Crippen LogP contribution in [0, 0.1) is 5.82 Å². The van der Waals surface area contributed by atoms with Crippen LogP contribution in [-0.2, 0) is 0 Å². The van der Waals surface area contributed by atoms with Gasteiger partial charge in [-0.05, 0) is 32.2 Å². The summed E-state index contributed by atoms with van der Waals surface area (Å²) >= 11 is 1.44. The van der Waals surface area contributed by atoms with Crippen LogP contribution in [0.1, 0.15) is 18.5 Å². The van der Waals surface area contributed by atoms with E-state index < -0.39 is 0 Å². The number of hydrogen-bond acceptors (Lipinski definition) is 4. The van der Waals surface area contributed by atoms with Crippen LogP contribution in [0.5, 0.6) is 0 Å². The predicted octanol–water partition coefficient (Wildman–Crippen LogP) is 3.05. The first kappa shape index (κ1) is 13.0. The number of benzene rings is 1. The summed E-state index contributed by atoms with van der Waals surface area (Å²) in [5, 5.41) is 3.87. The van der Waals surface area contributed by atoms with Gasteiger partial charge in [0.1, 0.15) is 17.2 Å². The Morgan fingerprint density at radius 3 is 2.83 bits per heavy atom. The molecule has 2 rings (SSSR count). The maximum Gasteiger partial charge on any atom is 0.129 e. The van der Waals surface area contributed by atoms with E-state index in [9.17, 15) is 4.39 Å². The van der Waals surface area contributed by atoms with Crippen LogP contribution < -0.4 is 5.32 Å². The Morgan fingerprint density at radius 2 is 2.17 bits per heavy atom. The topological polar surface area (TPSA) is 37.8 Å². The highest BCUT2D eigenvalue weighted by atomic mass is 32.2. The van der Waals surface area contributed by atoms with Crippen molar-refractivity contribution in [2.75, 3.05) is 7.05 Å². The Bertz CT molecular complexity index is 519. The van der Waals surface area contributed by atoms with E-state index in [0.717, 1.165) is 9.92 Å². The van der Waals surface area contributed by atoms with Gasteiger partial charge in [0.05, 0.1) is 0 Å². The molecule has 1 aromatic heterocycles. The minimum Gasteiger partial charge on any atom is -0.313 e. The molecule has 0 aliphatic heterocycles. The Hall–Kier alpha value is -1.46. The fraction of sp³-hybridized carbons (Fsp3) is 0.231. The molecule has 0 saturated carbocycles. The molecule has 0 fully saturated rings. The number of rotatable bonds is 4. The average Bonchev–Trinajstić information content (AvgIpc) is 2.39. The van der Waals surface area contributed by atoms with Crippen molar-refractivity contribution in [3.63, 3.8) is 0 Å². The monoisotopic (exact) mass is 263 g/mol. The standard InChI is InChI=1S/C13H14FN3S/c1-9(15-2)13-10(14)4-3-5-11(13)18-12-6-7-16-8-17-12/h3-9,15H,1-2H3. The summed E-state index contributed by atoms with van der Waals surface area (Å²) in [5.74, 6) is -0.198. The molecular formula is C13H14FN3S. The maximum absolute atomic E-state index is 13.9. The Labute approximate surface area is 110 Å². The van der Waals surface area contributed by atoms with Crippen LogP contribution in [0.3, 0.4) is 0 Å². The molecule has 0 radical (unpaired) electrons. The summed E-state index contributed by atoms with van der Waals surface area (Å²) < 4.78 is 13.9. The molecule has 0 bridgehead atoms. The predicted molar refractivity (Wildman–Crippen MR) is 70.0 cm³/mol. The molecule has 0 saturated heterocycles. The van der Waals surface area contributed by atoms with Gasteiger partial charge in [0.25, 0.3) is 0 Å². The van der Waals surface area contributed by atoms with Crippen LogP contribution in [0.15, 0.2) is 46.7 Å². The molecular weight excluding hydrogens is 249 g/mol. The van der Waals surface area contributed by atoms with Gasteiger partial charge < -0.3 is 5.32 Å². The van der Waals surface area contributed by atoms with Gasteiger partial charge in [0.2, 0.25) is 0 Å². The minimum absolute atomic E-state index is 0.0458. The number of aromatic nitrogens is 2. The van der Waals surface area contributed by atoms with Gasteiger partial charge in [0, 0.05) is 22.7 Å². The van der Waals surface area contributed by atoms with Crippen molar-refractivity contribution in [2.45, 2.75) is 22.9 Å². The molecule has 5 heteroatoms. The number of nitrogens with one attached hydrogen (secondary N) is 1. The van der Waals surface area contributed by atoms with Crippen molar-refractivity contribution < 1.29 is 4.39 Å². The lowest BCUT2D eigenvalue weighted by Gasteiger charge is -2.16. The van der Waals surface area contributed by atoms with Gasteiger partial charge >= 0.3 is 0 Å². The van der Waals surface area contributed by atoms with Crippen molar-refractivity contribution in [2.24, 2.45) is 0 Å². The van der Waals surface area contributed by atoms with E-state index in [1.54, 1.807) is 12.3 Å². The van der Waals surface area contributed by atoms with Crippen LogP contribution >= 0.6 is 11.8 Å². The van der Waals surface area contributed by atoms with Crippen molar-refractivity contribution >= 4 is 11.8 Å². The largest absolute Gasteiger partial charge is 0.313 e. The summed E-state index contributed by atoms with van der Waals surface area (Å²) in [6, 6.07) is 6.86. The van der Waals surface area contributed by atoms with Crippen LogP contribution in [0.25, 0.3) is 0 Å². The smallest absolute Gasteiger partial charge is 0.129 e. The fourth-order valence-corrected chi connectivity index (χ4v) is 2.61. The Morgan fingerprint density at radius 1 is 1.33 bits per heavy atom. The summed E-state index contributed by atoms with van der Waals surface area (Å²) in [7, 11) is 1.82. The zero-order valence-corrected chi connectivity index (χ0v) is 11.0. The molecule has 3 nitrogen and oxygen atoms in total. The molecule has 94 valence electrons. The summed E-state index contributed by atoms with van der Waals surface area (Å²) in [5.41, 5.74) is 0.670. The maximum atomic E-state index is 13.9. The highest BCUT2D eigenvalue weighted by Crippen LogP contribution is 2.33. The first-order chi connectivity index (χ1) is 8.72. The van der Waals surface area contributed by atoms with E-state index in [0.29, 0.717) is 5.56 Å². The number of nitrogens with zero attached hydrogens (tertiary/aromatic N) is 2. The second-order valence-electron chi connectivity index (χ2n) is 3.81. The second kappa shape index (κ2) is 5.93. The molecule has 0 amide bonds. The molecule has 1 unspecified atom stereocenters. The van der Waals surface area contributed by atoms with Crippen LogP contribution in [0.4, 0.5) is 4.39 Å². The molecule has 0 aliphatic rings. The first-order valence-electron chi connectivity index (χ1n) is 5.62. The molecule has 1 heterocycles. The van der Waals surface area contributed by atoms with Gasteiger partial charge in [-0.2, -0.15) is 0 Å². The third kappa shape index (κ3) is 2.86. The van der Waals surface area contributed by atoms with E-state index in [1.807, 2.05) is 26.1 Å². The Balaban J connectivity index is 2.36. The molecule has 0 aliphatic carbocycles. The van der Waals surface area contributed by atoms with E-state index in [-0.39, 0.29) is 11.9 Å². The SMILES string of the molecule is CNC(C)c1c(F)cccc1Sc1ccncn1. The van der Waals surface area contributed by atoms with Crippen LogP contribution in [-0.4, -0.2) is 17.0 Å². The van der Waals surface area contributed by atoms with Gasteiger partial charge in [-0.25, -0.2) is 14.4 Å². The molecule has 1 atom stereocenters. The normalized spacial score (nSPS) is 12.4. The summed E-state index contributed by atoms with van der Waals surface area (Å²) in [4.78, 5) is 8.88. The van der Waals surface area contributed by atoms with E-state index in [1.165, 1.54) is 24.2 Å². The molecule has 2 aromatic rings. The second-order valence-corrected chi connectivity index (χ2v) is 4.87. The van der Waals surface area contributed by atoms with Crippen molar-refractivity contribution in [1.29, 1.82) is 0 Å². The molecule has 0 spiro atoms. The highest BCUT2D eigenvalue weighted by molar-refractivity contribution is 7.99. The Kier molecular flexibility index (Phi) is 4.28. The van der Waals surface area contributed by atoms with E-state index in [2.05, 4.69) is 15.3 Å². The van der Waals surface area contributed by atoms with Crippen molar-refractivity contribution in [3.8, 4) is 0 Å². The van der Waals surface area contributed by atoms with Crippen LogP contribution in [0.2, 0.25) is 0 Å². The lowest BCUT2D eigenvalue weighted by molar-refractivity contribution is 0.552. The van der Waals surface area contributed by atoms with Crippen molar-refractivity contribution in [1.82, 2.24) is 15.3 Å². The quantitative estimate of drug-likeness (QED) is 0.860. The van der Waals surface area contributed by atoms with Gasteiger partial charge in [0.15, 0.2) is 0 Å². The van der Waals surface area contributed by atoms with E-state index >= 15 is 0 Å². The summed E-state index contributed by atoms with van der Waals surface area (Å²) in [6.45, 7) is 1.93. The molecule has 1 N–H and O–H groups in total. The average molecular weight is 263 g/mol. The molecule has 18 heavy (non-hydrogen) atoms. The first-order valence-corrected chi connectivity index (χ1v) is 6.43. The molecule has 1 aromatic carbocycles. The third-order valence-corrected chi connectivity index (χ3v) is 3.67. The summed E-state index contributed by atoms with van der Waals surface area (Å²) in [6.07, 6.45) is 3.17. The fourth-order valence-electron chi connectivity index (χ4n) is 1.62. The van der Waals surface area contributed by atoms with Gasteiger partial charge in [-0.15, -0.1) is 0 Å². The zero-order chi connectivity index (χ0) is 13.0. The lowest BCUT2D eigenvalue weighted by Crippen LogP contribution is -2.14. The highest BCUT2D eigenvalue weighted by Gasteiger charge is 2.15. The van der Waals surface area contributed by atoms with Gasteiger partial charge in [-0.3, -0.25) is 0 Å². The third-order valence-electron chi connectivity index (χ3n) is 2.65. The number of halogens is 1. The van der Waals surface area contributed by atoms with Gasteiger partial charge in [-0.1, -0.05) is 17.8 Å². The lowest BCUT2D eigenvalue weighted by atomic mass is 10.1. The minimum atomic E-state index is -0.198. The van der Waals surface area contributed by atoms with E-state index in [4.69, 9.17) is 0 Å². The zero-order valence-electron chi connectivity index (χ0n) is 10.2. The van der Waals surface area contributed by atoms with Crippen molar-refractivity contribution in [3.05, 3.63) is 48.2 Å².